The maximum Gasteiger partial charge on any atom is 0.224 e. The van der Waals surface area contributed by atoms with E-state index in [1.807, 2.05) is 13.8 Å². The van der Waals surface area contributed by atoms with E-state index in [0.29, 0.717) is 25.1 Å². The van der Waals surface area contributed by atoms with Gasteiger partial charge in [0.25, 0.3) is 0 Å². The van der Waals surface area contributed by atoms with Crippen molar-refractivity contribution in [2.75, 3.05) is 18.5 Å². The van der Waals surface area contributed by atoms with E-state index in [4.69, 9.17) is 5.11 Å². The molecular formula is C15H24N2O3. The van der Waals surface area contributed by atoms with E-state index in [2.05, 4.69) is 10.6 Å². The summed E-state index contributed by atoms with van der Waals surface area (Å²) in [5, 5.41) is 24.7. The van der Waals surface area contributed by atoms with E-state index in [1.165, 1.54) is 0 Å². The summed E-state index contributed by atoms with van der Waals surface area (Å²) < 4.78 is 0. The number of aliphatic hydroxyl groups is 1. The normalized spacial score (nSPS) is 12.2. The molecule has 0 saturated carbocycles. The lowest BCUT2D eigenvalue weighted by Crippen LogP contribution is -2.21. The molecule has 0 bridgehead atoms. The average molecular weight is 280 g/mol. The molecule has 5 heteroatoms. The van der Waals surface area contributed by atoms with Gasteiger partial charge in [-0.2, -0.15) is 0 Å². The SMILES string of the molecule is CCCC(=O)Nc1ccc(O)c(C(C)NCCCO)c1. The van der Waals surface area contributed by atoms with Crippen molar-refractivity contribution in [3.63, 3.8) is 0 Å². The van der Waals surface area contributed by atoms with Gasteiger partial charge in [0.15, 0.2) is 0 Å². The van der Waals surface area contributed by atoms with Gasteiger partial charge in [-0.1, -0.05) is 6.92 Å². The van der Waals surface area contributed by atoms with Crippen molar-refractivity contribution in [3.8, 4) is 5.75 Å². The third-order valence-corrected chi connectivity index (χ3v) is 3.04. The van der Waals surface area contributed by atoms with Crippen molar-refractivity contribution < 1.29 is 15.0 Å². The Labute approximate surface area is 120 Å². The number of carbonyl (C=O) groups excluding carboxylic acids is 1. The van der Waals surface area contributed by atoms with E-state index < -0.39 is 0 Å². The molecule has 1 atom stereocenters. The van der Waals surface area contributed by atoms with Gasteiger partial charge in [0, 0.05) is 30.3 Å². The number of hydrogen-bond donors (Lipinski definition) is 4. The predicted octanol–water partition coefficient (Wildman–Crippen LogP) is 2.16. The smallest absolute Gasteiger partial charge is 0.224 e. The highest BCUT2D eigenvalue weighted by Gasteiger charge is 2.11. The van der Waals surface area contributed by atoms with Crippen LogP contribution in [0, 0.1) is 0 Å². The van der Waals surface area contributed by atoms with Crippen LogP contribution in [0.5, 0.6) is 5.75 Å². The summed E-state index contributed by atoms with van der Waals surface area (Å²) in [5.41, 5.74) is 1.42. The summed E-state index contributed by atoms with van der Waals surface area (Å²) in [6.07, 6.45) is 1.95. The van der Waals surface area contributed by atoms with Crippen molar-refractivity contribution in [1.82, 2.24) is 5.32 Å². The van der Waals surface area contributed by atoms with Crippen molar-refractivity contribution >= 4 is 11.6 Å². The summed E-state index contributed by atoms with van der Waals surface area (Å²) >= 11 is 0. The summed E-state index contributed by atoms with van der Waals surface area (Å²) in [7, 11) is 0. The lowest BCUT2D eigenvalue weighted by Gasteiger charge is -2.16. The summed E-state index contributed by atoms with van der Waals surface area (Å²) in [6.45, 7) is 4.70. The summed E-state index contributed by atoms with van der Waals surface area (Å²) in [6, 6.07) is 5.00. The minimum absolute atomic E-state index is 0.0231. The molecule has 0 aliphatic heterocycles. The lowest BCUT2D eigenvalue weighted by atomic mass is 10.1. The first kappa shape index (κ1) is 16.5. The predicted molar refractivity (Wildman–Crippen MR) is 79.8 cm³/mol. The monoisotopic (exact) mass is 280 g/mol. The standard InChI is InChI=1S/C15H24N2O3/c1-3-5-15(20)17-12-6-7-14(19)13(10-12)11(2)16-8-4-9-18/h6-7,10-11,16,18-19H,3-5,8-9H2,1-2H3,(H,17,20). The first-order chi connectivity index (χ1) is 9.58. The minimum Gasteiger partial charge on any atom is -0.508 e. The maximum atomic E-state index is 11.6. The fraction of sp³-hybridized carbons (Fsp3) is 0.533. The van der Waals surface area contributed by atoms with Crippen LogP contribution in [0.4, 0.5) is 5.69 Å². The molecular weight excluding hydrogens is 256 g/mol. The van der Waals surface area contributed by atoms with Gasteiger partial charge in [0.1, 0.15) is 5.75 Å². The molecule has 5 nitrogen and oxygen atoms in total. The molecule has 1 aromatic rings. The van der Waals surface area contributed by atoms with E-state index >= 15 is 0 Å². The first-order valence-corrected chi connectivity index (χ1v) is 7.05. The molecule has 1 aromatic carbocycles. The molecule has 1 rings (SSSR count). The maximum absolute atomic E-state index is 11.6. The minimum atomic E-state index is -0.0513. The van der Waals surface area contributed by atoms with Crippen LogP contribution in [0.15, 0.2) is 18.2 Å². The molecule has 0 aromatic heterocycles. The second-order valence-electron chi connectivity index (χ2n) is 4.82. The summed E-state index contributed by atoms with van der Waals surface area (Å²) in [4.78, 5) is 11.6. The molecule has 0 saturated heterocycles. The van der Waals surface area contributed by atoms with Crippen LogP contribution in [0.1, 0.15) is 44.7 Å². The first-order valence-electron chi connectivity index (χ1n) is 7.05. The van der Waals surface area contributed by atoms with Gasteiger partial charge in [-0.15, -0.1) is 0 Å². The van der Waals surface area contributed by atoms with E-state index in [1.54, 1.807) is 18.2 Å². The number of nitrogens with one attached hydrogen (secondary N) is 2. The fourth-order valence-electron chi connectivity index (χ4n) is 1.94. The number of aromatic hydroxyl groups is 1. The number of benzene rings is 1. The Morgan fingerprint density at radius 3 is 2.80 bits per heavy atom. The van der Waals surface area contributed by atoms with Gasteiger partial charge in [0.05, 0.1) is 0 Å². The number of carbonyl (C=O) groups is 1. The lowest BCUT2D eigenvalue weighted by molar-refractivity contribution is -0.116. The number of phenolic OH excluding ortho intramolecular Hbond substituents is 1. The van der Waals surface area contributed by atoms with Crippen molar-refractivity contribution in [3.05, 3.63) is 23.8 Å². The third-order valence-electron chi connectivity index (χ3n) is 3.04. The van der Waals surface area contributed by atoms with E-state index in [-0.39, 0.29) is 24.3 Å². The molecule has 1 unspecified atom stereocenters. The molecule has 0 radical (unpaired) electrons. The quantitative estimate of drug-likeness (QED) is 0.434. The van der Waals surface area contributed by atoms with Crippen molar-refractivity contribution in [2.24, 2.45) is 0 Å². The highest BCUT2D eigenvalue weighted by molar-refractivity contribution is 5.90. The van der Waals surface area contributed by atoms with E-state index in [9.17, 15) is 9.90 Å². The zero-order valence-electron chi connectivity index (χ0n) is 12.1. The fourth-order valence-corrected chi connectivity index (χ4v) is 1.94. The third kappa shape index (κ3) is 5.19. The Morgan fingerprint density at radius 2 is 2.15 bits per heavy atom. The molecule has 1 amide bonds. The average Bonchev–Trinajstić information content (AvgIpc) is 2.41. The molecule has 20 heavy (non-hydrogen) atoms. The summed E-state index contributed by atoms with van der Waals surface area (Å²) in [5.74, 6) is 0.174. The Morgan fingerprint density at radius 1 is 1.40 bits per heavy atom. The Balaban J connectivity index is 2.72. The molecule has 0 fully saturated rings. The highest BCUT2D eigenvalue weighted by atomic mass is 16.3. The van der Waals surface area contributed by atoms with Crippen molar-refractivity contribution in [2.45, 2.75) is 39.2 Å². The van der Waals surface area contributed by atoms with Crippen LogP contribution in [0.2, 0.25) is 0 Å². The van der Waals surface area contributed by atoms with Crippen LogP contribution in [-0.2, 0) is 4.79 Å². The van der Waals surface area contributed by atoms with Gasteiger partial charge in [0.2, 0.25) is 5.91 Å². The number of rotatable bonds is 8. The van der Waals surface area contributed by atoms with Gasteiger partial charge in [-0.3, -0.25) is 4.79 Å². The van der Waals surface area contributed by atoms with Crippen LogP contribution < -0.4 is 10.6 Å². The van der Waals surface area contributed by atoms with Crippen molar-refractivity contribution in [1.29, 1.82) is 0 Å². The van der Waals surface area contributed by atoms with Crippen LogP contribution in [0.3, 0.4) is 0 Å². The Hall–Kier alpha value is -1.59. The van der Waals surface area contributed by atoms with Crippen LogP contribution >= 0.6 is 0 Å². The molecule has 0 aliphatic carbocycles. The number of phenols is 1. The largest absolute Gasteiger partial charge is 0.508 e. The molecule has 0 aliphatic rings. The number of hydrogen-bond acceptors (Lipinski definition) is 4. The van der Waals surface area contributed by atoms with Crippen LogP contribution in [-0.4, -0.2) is 29.3 Å². The topological polar surface area (TPSA) is 81.6 Å². The molecule has 112 valence electrons. The molecule has 4 N–H and O–H groups in total. The second kappa shape index (κ2) is 8.55. The number of aliphatic hydroxyl groups excluding tert-OH is 1. The Bertz CT molecular complexity index is 435. The zero-order valence-corrected chi connectivity index (χ0v) is 12.1. The Kier molecular flexibility index (Phi) is 7.04. The molecule has 0 spiro atoms. The van der Waals surface area contributed by atoms with E-state index in [0.717, 1.165) is 12.0 Å². The molecule has 0 heterocycles. The second-order valence-corrected chi connectivity index (χ2v) is 4.82. The highest BCUT2D eigenvalue weighted by Crippen LogP contribution is 2.27. The zero-order chi connectivity index (χ0) is 15.0. The van der Waals surface area contributed by atoms with Crippen LogP contribution in [0.25, 0.3) is 0 Å². The van der Waals surface area contributed by atoms with Gasteiger partial charge in [-0.25, -0.2) is 0 Å². The van der Waals surface area contributed by atoms with Gasteiger partial charge in [-0.05, 0) is 44.5 Å². The number of amides is 1. The number of anilines is 1. The van der Waals surface area contributed by atoms with Gasteiger partial charge >= 0.3 is 0 Å². The van der Waals surface area contributed by atoms with Gasteiger partial charge < -0.3 is 20.8 Å².